The van der Waals surface area contributed by atoms with Gasteiger partial charge in [0.1, 0.15) is 0 Å². The molecule has 0 aromatic carbocycles. The molecule has 0 bridgehead atoms. The Kier molecular flexibility index (Phi) is 5.88. The maximum atomic E-state index is 2.33. The summed E-state index contributed by atoms with van der Waals surface area (Å²) in [6, 6.07) is 0. The minimum absolute atomic E-state index is 0.346. The van der Waals surface area contributed by atoms with Crippen LogP contribution in [-0.2, 0) is 24.6 Å². The summed E-state index contributed by atoms with van der Waals surface area (Å²) in [6.45, 7) is 2.33. The molecule has 0 N–H and O–H groups in total. The number of hydrogen-bond acceptors (Lipinski definition) is 0. The van der Waals surface area contributed by atoms with Gasteiger partial charge in [-0.05, 0) is 0 Å². The molecule has 11 heavy (non-hydrogen) atoms. The average molecular weight is 341 g/mol. The molecule has 0 atom stereocenters. The van der Waals surface area contributed by atoms with E-state index >= 15 is 0 Å². The second-order valence-corrected chi connectivity index (χ2v) is 13.5. The Morgan fingerprint density at radius 3 is 2.55 bits per heavy atom. The predicted octanol–water partition coefficient (Wildman–Crippen LogP) is 4.04. The molecule has 0 spiro atoms. The Hall–Kier alpha value is 0.935. The summed E-state index contributed by atoms with van der Waals surface area (Å²) in [5.41, 5.74) is 0. The summed E-state index contributed by atoms with van der Waals surface area (Å²) in [5, 5.41) is 0. The topological polar surface area (TPSA) is 0 Å². The van der Waals surface area contributed by atoms with E-state index in [4.69, 9.17) is 0 Å². The fourth-order valence-corrected chi connectivity index (χ4v) is 12.0. The first-order valence-corrected chi connectivity index (χ1v) is 12.5. The van der Waals surface area contributed by atoms with Crippen LogP contribution in [-0.4, -0.2) is 0 Å². The Balaban J connectivity index is 1.96. The Morgan fingerprint density at radius 1 is 1.18 bits per heavy atom. The molecule has 0 aromatic heterocycles. The van der Waals surface area contributed by atoms with E-state index in [1.807, 2.05) is 0 Å². The normalized spacial score (nSPS) is 19.7. The van der Waals surface area contributed by atoms with Crippen molar-refractivity contribution < 1.29 is 24.6 Å². The van der Waals surface area contributed by atoms with E-state index in [0.29, 0.717) is 0 Å². The van der Waals surface area contributed by atoms with Crippen molar-refractivity contribution >= 4 is 0 Å². The van der Waals surface area contributed by atoms with Crippen LogP contribution in [0.25, 0.3) is 0 Å². The Labute approximate surface area is 83.6 Å². The monoisotopic (exact) mass is 342 g/mol. The van der Waals surface area contributed by atoms with E-state index in [9.17, 15) is 0 Å². The van der Waals surface area contributed by atoms with Crippen LogP contribution < -0.4 is 0 Å². The SMILES string of the molecule is CCC[CH2][Hg][CH]1CCCCC1. The number of hydrogen-bond donors (Lipinski definition) is 0. The molecule has 0 heterocycles. The first-order valence-electron chi connectivity index (χ1n) is 5.43. The molecule has 1 aliphatic rings. The van der Waals surface area contributed by atoms with Gasteiger partial charge >= 0.3 is 83.8 Å². The van der Waals surface area contributed by atoms with E-state index in [1.54, 1.807) is 36.0 Å². The quantitative estimate of drug-likeness (QED) is 0.535. The Bertz CT molecular complexity index is 84.9. The van der Waals surface area contributed by atoms with Gasteiger partial charge in [0, 0.05) is 0 Å². The van der Waals surface area contributed by atoms with Crippen molar-refractivity contribution in [1.82, 2.24) is 0 Å². The van der Waals surface area contributed by atoms with Gasteiger partial charge in [-0.2, -0.15) is 0 Å². The van der Waals surface area contributed by atoms with Gasteiger partial charge < -0.3 is 0 Å². The Morgan fingerprint density at radius 2 is 1.91 bits per heavy atom. The third-order valence-electron chi connectivity index (χ3n) is 2.94. The van der Waals surface area contributed by atoms with Gasteiger partial charge in [0.25, 0.3) is 0 Å². The molecule has 62 valence electrons. The van der Waals surface area contributed by atoms with Crippen LogP contribution in [0.5, 0.6) is 0 Å². The van der Waals surface area contributed by atoms with Crippen molar-refractivity contribution in [2.24, 2.45) is 0 Å². The van der Waals surface area contributed by atoms with Gasteiger partial charge in [-0.25, -0.2) is 0 Å². The number of rotatable bonds is 4. The van der Waals surface area contributed by atoms with Gasteiger partial charge in [0.05, 0.1) is 0 Å². The van der Waals surface area contributed by atoms with Crippen LogP contribution in [0.4, 0.5) is 0 Å². The number of unbranched alkanes of at least 4 members (excludes halogenated alkanes) is 1. The van der Waals surface area contributed by atoms with E-state index in [0.717, 1.165) is 0 Å². The van der Waals surface area contributed by atoms with Crippen molar-refractivity contribution in [3.05, 3.63) is 0 Å². The summed E-state index contributed by atoms with van der Waals surface area (Å²) in [4.78, 5) is 0. The third kappa shape index (κ3) is 4.50. The first kappa shape index (κ1) is 10.0. The maximum absolute atomic E-state index is 2.33. The molecule has 1 heteroatoms. The zero-order chi connectivity index (χ0) is 7.94. The van der Waals surface area contributed by atoms with E-state index in [-0.39, 0.29) is 24.6 Å². The molecular formula is C10H20Hg. The van der Waals surface area contributed by atoms with Crippen LogP contribution in [0.15, 0.2) is 0 Å². The molecule has 0 amide bonds. The first-order chi connectivity index (χ1) is 5.43. The molecule has 0 aliphatic heterocycles. The van der Waals surface area contributed by atoms with Gasteiger partial charge in [0.2, 0.25) is 0 Å². The van der Waals surface area contributed by atoms with E-state index < -0.39 is 0 Å². The summed E-state index contributed by atoms with van der Waals surface area (Å²) in [6.07, 6.45) is 10.9. The molecule has 1 saturated carbocycles. The van der Waals surface area contributed by atoms with Gasteiger partial charge in [-0.1, -0.05) is 0 Å². The van der Waals surface area contributed by atoms with Crippen LogP contribution in [0.1, 0.15) is 51.9 Å². The fraction of sp³-hybridized carbons (Fsp3) is 1.00. The second-order valence-electron chi connectivity index (χ2n) is 4.00. The van der Waals surface area contributed by atoms with Crippen molar-refractivity contribution in [3.63, 3.8) is 0 Å². The minimum atomic E-state index is -0.346. The molecule has 1 aliphatic carbocycles. The average Bonchev–Trinajstić information content (AvgIpc) is 2.07. The summed E-state index contributed by atoms with van der Waals surface area (Å²) < 4.78 is 3.04. The zero-order valence-corrected chi connectivity index (χ0v) is 13.4. The van der Waals surface area contributed by atoms with Crippen LogP contribution >= 0.6 is 0 Å². The van der Waals surface area contributed by atoms with Crippen molar-refractivity contribution in [1.29, 1.82) is 0 Å². The van der Waals surface area contributed by atoms with Gasteiger partial charge in [-0.15, -0.1) is 0 Å². The molecule has 0 aromatic rings. The summed E-state index contributed by atoms with van der Waals surface area (Å²) in [7, 11) is 0. The van der Waals surface area contributed by atoms with Crippen molar-refractivity contribution in [3.8, 4) is 0 Å². The zero-order valence-electron chi connectivity index (χ0n) is 7.94. The summed E-state index contributed by atoms with van der Waals surface area (Å²) >= 11 is -0.346. The van der Waals surface area contributed by atoms with Gasteiger partial charge in [0.15, 0.2) is 0 Å². The van der Waals surface area contributed by atoms with Crippen LogP contribution in [0.3, 0.4) is 0 Å². The molecule has 1 fully saturated rings. The van der Waals surface area contributed by atoms with Crippen molar-refractivity contribution in [2.75, 3.05) is 0 Å². The summed E-state index contributed by atoms with van der Waals surface area (Å²) in [5.74, 6) is 0. The molecular weight excluding hydrogens is 321 g/mol. The van der Waals surface area contributed by atoms with Crippen LogP contribution in [0, 0.1) is 0 Å². The molecule has 0 unspecified atom stereocenters. The third-order valence-corrected chi connectivity index (χ3v) is 12.8. The van der Waals surface area contributed by atoms with Crippen molar-refractivity contribution in [2.45, 2.75) is 59.2 Å². The molecule has 1 rings (SSSR count). The fourth-order valence-electron chi connectivity index (χ4n) is 2.16. The molecule has 0 nitrogen and oxygen atoms in total. The van der Waals surface area contributed by atoms with Crippen LogP contribution in [0.2, 0.25) is 7.36 Å². The molecule has 0 radical (unpaired) electrons. The van der Waals surface area contributed by atoms with Gasteiger partial charge in [-0.3, -0.25) is 0 Å². The predicted molar refractivity (Wildman–Crippen MR) is 46.6 cm³/mol. The standard InChI is InChI=1S/C6H11.C4H9.Hg/c1-2-4-6-5-3-1;1-3-4-2;/h1H,2-6H2;1,3-4H2,2H3;. The van der Waals surface area contributed by atoms with E-state index in [2.05, 4.69) is 6.92 Å². The van der Waals surface area contributed by atoms with E-state index in [1.165, 1.54) is 16.3 Å². The second kappa shape index (κ2) is 6.45. The molecule has 0 saturated heterocycles.